The molecule has 3 aliphatic carbocycles. The van der Waals surface area contributed by atoms with Gasteiger partial charge in [0.25, 0.3) is 0 Å². The van der Waals surface area contributed by atoms with E-state index in [0.717, 1.165) is 134 Å². The summed E-state index contributed by atoms with van der Waals surface area (Å²) in [6.07, 6.45) is 5.70. The Bertz CT molecular complexity index is 6210. The molecule has 0 spiro atoms. The van der Waals surface area contributed by atoms with Crippen LogP contribution in [-0.2, 0) is 32.5 Å². The molecule has 3 aliphatic rings. The summed E-state index contributed by atoms with van der Waals surface area (Å²) in [7, 11) is 0. The second kappa shape index (κ2) is 29.3. The van der Waals surface area contributed by atoms with Gasteiger partial charge in [0.05, 0.1) is 17.1 Å². The van der Waals surface area contributed by atoms with Crippen LogP contribution in [0.4, 0.5) is 0 Å². The van der Waals surface area contributed by atoms with Crippen LogP contribution in [0.25, 0.3) is 167 Å². The maximum absolute atomic E-state index is 4.97. The van der Waals surface area contributed by atoms with Gasteiger partial charge < -0.3 is 0 Å². The van der Waals surface area contributed by atoms with Crippen molar-refractivity contribution in [3.8, 4) is 167 Å². The lowest BCUT2D eigenvalue weighted by molar-refractivity contribution is 0.125. The first-order valence-electron chi connectivity index (χ1n) is 44.2. The van der Waals surface area contributed by atoms with Crippen LogP contribution in [-0.4, -0.2) is 15.0 Å². The van der Waals surface area contributed by atoms with Crippen LogP contribution in [0.5, 0.6) is 0 Å². The van der Waals surface area contributed by atoms with Gasteiger partial charge >= 0.3 is 0 Å². The molecule has 19 rings (SSSR count). The molecule has 0 saturated heterocycles. The fourth-order valence-electron chi connectivity index (χ4n) is 21.5. The maximum Gasteiger partial charge on any atom is 0.0702 e. The van der Waals surface area contributed by atoms with Gasteiger partial charge in [0.15, 0.2) is 0 Å². The summed E-state index contributed by atoms with van der Waals surface area (Å²) in [5, 5.41) is 0. The predicted molar refractivity (Wildman–Crippen MR) is 521 cm³/mol. The van der Waals surface area contributed by atoms with E-state index in [1.54, 1.807) is 0 Å². The van der Waals surface area contributed by atoms with Crippen molar-refractivity contribution in [2.75, 3.05) is 0 Å². The summed E-state index contributed by atoms with van der Waals surface area (Å²) in [6, 6.07) is 124. The van der Waals surface area contributed by atoms with Gasteiger partial charge in [-0.25, -0.2) is 0 Å². The number of rotatable bonds is 15. The van der Waals surface area contributed by atoms with Crippen LogP contribution in [0.3, 0.4) is 0 Å². The third-order valence-electron chi connectivity index (χ3n) is 32.5. The fraction of sp³-hybridized carbons (Fsp3) is 0.225. The van der Waals surface area contributed by atoms with Gasteiger partial charge in [-0.3, -0.25) is 15.0 Å². The van der Waals surface area contributed by atoms with Crippen LogP contribution < -0.4 is 0 Å². The Balaban J connectivity index is 0.817. The van der Waals surface area contributed by atoms with Gasteiger partial charge in [0.2, 0.25) is 0 Å². The third-order valence-corrected chi connectivity index (χ3v) is 32.5. The molecule has 3 aromatic heterocycles. The average molecular weight is 1600 g/mol. The molecule has 0 amide bonds. The van der Waals surface area contributed by atoms with Gasteiger partial charge in [-0.05, 0) is 307 Å². The van der Waals surface area contributed by atoms with Gasteiger partial charge in [-0.15, -0.1) is 0 Å². The van der Waals surface area contributed by atoms with E-state index in [9.17, 15) is 0 Å². The highest BCUT2D eigenvalue weighted by Crippen LogP contribution is 2.65. The van der Waals surface area contributed by atoms with Crippen molar-refractivity contribution in [2.45, 2.75) is 157 Å². The SMILES string of the molecule is CC1(C)c2ccc(-c3cccc(-c4cc(-c5ccccn5)ccc4-c4ccccc4-c4cc(-c5ccccc5-c5ccc(-c6ccccn6)cc5-c5cccc(-c6ccc7c(c6)C(C)(C)C(C)(C)C7(C)C)c5)cc(-c5ccccc5-c5ccc(-c6ccccn6)cc5-c5cccc(-c6ccc7c(c6)C(C)(C)C(C)(C)C7(C)C)c5)c4)c3)cc2C(C)(C)C1(C)C. The first-order chi connectivity index (χ1) is 58.8. The van der Waals surface area contributed by atoms with Crippen LogP contribution in [0.1, 0.15) is 158 Å². The molecule has 606 valence electrons. The number of aromatic nitrogens is 3. The zero-order chi connectivity index (χ0) is 85.7. The third kappa shape index (κ3) is 12.7. The lowest BCUT2D eigenvalue weighted by Crippen LogP contribution is -2.42. The number of pyridine rings is 3. The van der Waals surface area contributed by atoms with Crippen molar-refractivity contribution in [1.29, 1.82) is 0 Å². The Labute approximate surface area is 730 Å². The molecule has 0 saturated carbocycles. The van der Waals surface area contributed by atoms with Gasteiger partial charge in [-0.1, -0.05) is 361 Å². The van der Waals surface area contributed by atoms with E-state index in [1.807, 2.05) is 36.8 Å². The zero-order valence-electron chi connectivity index (χ0n) is 74.8. The normalized spacial score (nSPS) is 16.6. The first-order valence-corrected chi connectivity index (χ1v) is 44.2. The lowest BCUT2D eigenvalue weighted by Gasteiger charge is -2.44. The summed E-state index contributed by atoms with van der Waals surface area (Å²) in [6.45, 7) is 43.9. The molecule has 3 nitrogen and oxygen atoms in total. The van der Waals surface area contributed by atoms with Crippen LogP contribution in [0.15, 0.2) is 346 Å². The molecular weight excluding hydrogens is 1480 g/mol. The first kappa shape index (κ1) is 80.1. The highest BCUT2D eigenvalue weighted by Gasteiger charge is 2.59. The molecule has 16 aromatic rings. The van der Waals surface area contributed by atoms with E-state index >= 15 is 0 Å². The molecule has 0 radical (unpaired) electrons. The van der Waals surface area contributed by atoms with Crippen LogP contribution in [0, 0.1) is 16.2 Å². The molecule has 0 fully saturated rings. The highest BCUT2D eigenvalue weighted by molar-refractivity contribution is 6.01. The smallest absolute Gasteiger partial charge is 0.0702 e. The minimum atomic E-state index is -0.0487. The Kier molecular flexibility index (Phi) is 19.1. The standard InChI is InChI=1S/C120H111N3/c1-112(2)103-58-52-79(73-106(103)115(7,8)118(112,13)14)76-34-31-37-82(64-76)100-70-85(109-46-25-28-61-121-109)49-55-97(100)94-43-22-19-40-91(94)88-67-89(92-41-20-23-44-95(92)98-56-50-86(110-47-26-29-62-122-110)71-101(98)83-38-32-35-77(65-83)80-53-59-104-107(74-80)116(9,10)119(15,16)113(104,3)4)69-90(68-88)93-42-21-24-45-96(93)99-57-51-87(111-48-27-30-63-123-111)72-102(99)84-39-33-36-78(66-84)81-54-60-105-108(75-81)117(11,12)120(17,18)114(105,5)6/h19-75H,1-18H3. The van der Waals surface area contributed by atoms with Crippen LogP contribution >= 0.6 is 0 Å². The molecule has 0 aliphatic heterocycles. The van der Waals surface area contributed by atoms with Gasteiger partial charge in [0.1, 0.15) is 0 Å². The molecule has 0 bridgehead atoms. The Morgan fingerprint density at radius 1 is 0.138 bits per heavy atom. The quantitative estimate of drug-likeness (QED) is 0.103. The Morgan fingerprint density at radius 2 is 0.350 bits per heavy atom. The molecule has 3 heteroatoms. The molecule has 13 aromatic carbocycles. The molecule has 123 heavy (non-hydrogen) atoms. The van der Waals surface area contributed by atoms with E-state index in [0.29, 0.717) is 0 Å². The number of benzene rings is 13. The number of hydrogen-bond acceptors (Lipinski definition) is 3. The molecule has 0 N–H and O–H groups in total. The van der Waals surface area contributed by atoms with E-state index in [4.69, 9.17) is 15.0 Å². The summed E-state index contributed by atoms with van der Waals surface area (Å²) >= 11 is 0. The molecular formula is C120H111N3. The zero-order valence-corrected chi connectivity index (χ0v) is 74.8. The van der Waals surface area contributed by atoms with Gasteiger partial charge in [0, 0.05) is 35.3 Å². The number of fused-ring (bicyclic) bond motifs is 3. The highest BCUT2D eigenvalue weighted by atomic mass is 14.7. The number of hydrogen-bond donors (Lipinski definition) is 0. The van der Waals surface area contributed by atoms with Crippen molar-refractivity contribution in [3.05, 3.63) is 380 Å². The number of nitrogens with zero attached hydrogens (tertiary/aromatic N) is 3. The van der Waals surface area contributed by atoms with Crippen molar-refractivity contribution in [1.82, 2.24) is 15.0 Å². The summed E-state index contributed by atoms with van der Waals surface area (Å²) in [4.78, 5) is 14.9. The second-order valence-electron chi connectivity index (χ2n) is 40.0. The van der Waals surface area contributed by atoms with E-state index in [2.05, 4.69) is 434 Å². The van der Waals surface area contributed by atoms with E-state index in [-0.39, 0.29) is 48.7 Å². The van der Waals surface area contributed by atoms with E-state index < -0.39 is 0 Å². The molecule has 0 atom stereocenters. The molecule has 3 heterocycles. The Hall–Kier alpha value is -12.7. The minimum Gasteiger partial charge on any atom is -0.256 e. The fourth-order valence-corrected chi connectivity index (χ4v) is 21.5. The minimum absolute atomic E-state index is 0.00265. The topological polar surface area (TPSA) is 38.7 Å². The van der Waals surface area contributed by atoms with Crippen molar-refractivity contribution < 1.29 is 0 Å². The summed E-state index contributed by atoms with van der Waals surface area (Å²) in [5.74, 6) is 0. The largest absolute Gasteiger partial charge is 0.256 e. The summed E-state index contributed by atoms with van der Waals surface area (Å²) < 4.78 is 0. The summed E-state index contributed by atoms with van der Waals surface area (Å²) in [5.41, 5.74) is 41.8. The maximum atomic E-state index is 4.97. The molecule has 0 unspecified atom stereocenters. The van der Waals surface area contributed by atoms with Gasteiger partial charge in [-0.2, -0.15) is 0 Å². The lowest BCUT2D eigenvalue weighted by atomic mass is 9.59. The monoisotopic (exact) mass is 1590 g/mol. The second-order valence-corrected chi connectivity index (χ2v) is 40.0. The predicted octanol–water partition coefficient (Wildman–Crippen LogP) is 32.7. The van der Waals surface area contributed by atoms with Crippen LogP contribution in [0.2, 0.25) is 0 Å². The van der Waals surface area contributed by atoms with Crippen molar-refractivity contribution >= 4 is 0 Å². The Morgan fingerprint density at radius 3 is 0.610 bits per heavy atom. The van der Waals surface area contributed by atoms with E-state index in [1.165, 1.54) is 66.8 Å². The average Bonchev–Trinajstić information content (AvgIpc) is 1.55. The van der Waals surface area contributed by atoms with Crippen molar-refractivity contribution in [2.24, 2.45) is 16.2 Å². The van der Waals surface area contributed by atoms with Crippen molar-refractivity contribution in [3.63, 3.8) is 0 Å².